The average molecular weight is 330 g/mol. The van der Waals surface area contributed by atoms with E-state index in [0.717, 1.165) is 57.3 Å². The van der Waals surface area contributed by atoms with E-state index in [1.54, 1.807) is 11.0 Å². The molecule has 0 unspecified atom stereocenters. The van der Waals surface area contributed by atoms with Crippen LogP contribution in [0.5, 0.6) is 11.5 Å². The summed E-state index contributed by atoms with van der Waals surface area (Å²) in [6.45, 7) is 8.36. The number of piperazine rings is 1. The largest absolute Gasteiger partial charge is 0.486 e. The van der Waals surface area contributed by atoms with Gasteiger partial charge in [-0.25, -0.2) is 4.68 Å². The van der Waals surface area contributed by atoms with Crippen molar-refractivity contribution in [2.24, 2.45) is 0 Å². The van der Waals surface area contributed by atoms with E-state index in [9.17, 15) is 0 Å². The molecule has 3 heterocycles. The highest BCUT2D eigenvalue weighted by atomic mass is 16.6. The van der Waals surface area contributed by atoms with Crippen molar-refractivity contribution >= 4 is 0 Å². The summed E-state index contributed by atoms with van der Waals surface area (Å²) in [5.74, 6) is 1.73. The van der Waals surface area contributed by atoms with E-state index in [4.69, 9.17) is 9.47 Å². The molecule has 1 fully saturated rings. The molecule has 1 saturated heterocycles. The second-order valence-corrected chi connectivity index (χ2v) is 6.17. The number of nitrogens with zero attached hydrogens (tertiary/aromatic N) is 6. The van der Waals surface area contributed by atoms with E-state index in [0.29, 0.717) is 13.2 Å². The monoisotopic (exact) mass is 330 g/mol. The third-order valence-electron chi connectivity index (χ3n) is 4.51. The lowest BCUT2D eigenvalue weighted by Gasteiger charge is -2.34. The Kier molecular flexibility index (Phi) is 4.57. The highest BCUT2D eigenvalue weighted by molar-refractivity contribution is 5.43. The maximum Gasteiger partial charge on any atom is 0.161 e. The molecule has 2 aliphatic rings. The van der Waals surface area contributed by atoms with Gasteiger partial charge in [-0.15, -0.1) is 5.10 Å². The number of rotatable bonds is 5. The number of ether oxygens (including phenoxy) is 2. The Labute approximate surface area is 140 Å². The maximum absolute atomic E-state index is 5.67. The first kappa shape index (κ1) is 15.3. The lowest BCUT2D eigenvalue weighted by molar-refractivity contribution is 0.122. The zero-order valence-electron chi connectivity index (χ0n) is 13.7. The zero-order valence-corrected chi connectivity index (χ0v) is 13.7. The maximum atomic E-state index is 5.67. The van der Waals surface area contributed by atoms with Crippen LogP contribution in [0, 0.1) is 0 Å². The predicted molar refractivity (Wildman–Crippen MR) is 87.0 cm³/mol. The minimum absolute atomic E-state index is 0.635. The van der Waals surface area contributed by atoms with Crippen molar-refractivity contribution in [3.05, 3.63) is 30.1 Å². The number of benzene rings is 1. The van der Waals surface area contributed by atoms with Gasteiger partial charge in [0.15, 0.2) is 11.5 Å². The Morgan fingerprint density at radius 3 is 2.50 bits per heavy atom. The number of hydrogen-bond acceptors (Lipinski definition) is 7. The molecule has 0 amide bonds. The molecule has 0 aliphatic carbocycles. The van der Waals surface area contributed by atoms with Crippen LogP contribution in [-0.2, 0) is 13.1 Å². The fourth-order valence-electron chi connectivity index (χ4n) is 3.14. The van der Waals surface area contributed by atoms with Gasteiger partial charge >= 0.3 is 0 Å². The van der Waals surface area contributed by atoms with Gasteiger partial charge < -0.3 is 9.47 Å². The third-order valence-corrected chi connectivity index (χ3v) is 4.51. The van der Waals surface area contributed by atoms with E-state index in [-0.39, 0.29) is 0 Å². The minimum atomic E-state index is 0.635. The van der Waals surface area contributed by atoms with Crippen molar-refractivity contribution in [3.8, 4) is 11.5 Å². The molecule has 128 valence electrons. The third kappa shape index (κ3) is 3.65. The van der Waals surface area contributed by atoms with Crippen LogP contribution < -0.4 is 9.47 Å². The topological polar surface area (TPSA) is 68.5 Å². The van der Waals surface area contributed by atoms with Gasteiger partial charge in [-0.1, -0.05) is 6.07 Å². The lowest BCUT2D eigenvalue weighted by Crippen LogP contribution is -2.46. The second-order valence-electron chi connectivity index (χ2n) is 6.17. The van der Waals surface area contributed by atoms with E-state index in [2.05, 4.69) is 37.5 Å². The predicted octanol–water partition coefficient (Wildman–Crippen LogP) is 0.262. The van der Waals surface area contributed by atoms with Crippen LogP contribution >= 0.6 is 0 Å². The van der Waals surface area contributed by atoms with Crippen molar-refractivity contribution < 1.29 is 9.47 Å². The summed E-state index contributed by atoms with van der Waals surface area (Å²) in [5.41, 5.74) is 1.28. The highest BCUT2D eigenvalue weighted by Gasteiger charge is 2.18. The van der Waals surface area contributed by atoms with E-state index in [1.165, 1.54) is 5.56 Å². The number of aromatic nitrogens is 4. The van der Waals surface area contributed by atoms with Crippen molar-refractivity contribution in [2.75, 3.05) is 45.9 Å². The Morgan fingerprint density at radius 1 is 0.917 bits per heavy atom. The Morgan fingerprint density at radius 2 is 1.71 bits per heavy atom. The van der Waals surface area contributed by atoms with Crippen LogP contribution in [0.1, 0.15) is 5.56 Å². The molecule has 0 radical (unpaired) electrons. The van der Waals surface area contributed by atoms with Gasteiger partial charge in [-0.05, 0) is 28.1 Å². The summed E-state index contributed by atoms with van der Waals surface area (Å²) < 4.78 is 13.0. The molecular formula is C16H22N6O2. The molecule has 0 atom stereocenters. The first-order valence-corrected chi connectivity index (χ1v) is 8.41. The van der Waals surface area contributed by atoms with Crippen molar-refractivity contribution in [2.45, 2.75) is 13.1 Å². The fraction of sp³-hybridized carbons (Fsp3) is 0.562. The number of tetrazole rings is 1. The SMILES string of the molecule is c1cc2c(cc1CN1CCN(CCn3cnnn3)CC1)OCCO2. The molecule has 0 N–H and O–H groups in total. The minimum Gasteiger partial charge on any atom is -0.486 e. The average Bonchev–Trinajstić information content (AvgIpc) is 3.15. The summed E-state index contributed by atoms with van der Waals surface area (Å²) in [5, 5.41) is 11.2. The summed E-state index contributed by atoms with van der Waals surface area (Å²) in [6, 6.07) is 6.27. The van der Waals surface area contributed by atoms with E-state index >= 15 is 0 Å². The number of fused-ring (bicyclic) bond motifs is 1. The Balaban J connectivity index is 1.25. The highest BCUT2D eigenvalue weighted by Crippen LogP contribution is 2.31. The summed E-state index contributed by atoms with van der Waals surface area (Å²) in [4.78, 5) is 4.95. The molecule has 0 bridgehead atoms. The molecule has 0 spiro atoms. The summed E-state index contributed by atoms with van der Waals surface area (Å²) in [7, 11) is 0. The summed E-state index contributed by atoms with van der Waals surface area (Å²) >= 11 is 0. The Bertz CT molecular complexity index is 655. The van der Waals surface area contributed by atoms with Crippen LogP contribution in [0.25, 0.3) is 0 Å². The number of hydrogen-bond donors (Lipinski definition) is 0. The van der Waals surface area contributed by atoms with Crippen LogP contribution in [0.15, 0.2) is 24.5 Å². The van der Waals surface area contributed by atoms with Gasteiger partial charge in [0.05, 0.1) is 6.54 Å². The molecule has 24 heavy (non-hydrogen) atoms. The Hall–Kier alpha value is -2.19. The van der Waals surface area contributed by atoms with Gasteiger partial charge in [-0.3, -0.25) is 9.80 Å². The normalized spacial score (nSPS) is 18.7. The van der Waals surface area contributed by atoms with Crippen LogP contribution in [0.2, 0.25) is 0 Å². The molecule has 8 nitrogen and oxygen atoms in total. The molecule has 8 heteroatoms. The van der Waals surface area contributed by atoms with Gasteiger partial charge in [-0.2, -0.15) is 0 Å². The molecular weight excluding hydrogens is 308 g/mol. The van der Waals surface area contributed by atoms with Crippen LogP contribution in [-0.4, -0.2) is 75.9 Å². The van der Waals surface area contributed by atoms with Gasteiger partial charge in [0.1, 0.15) is 19.5 Å². The van der Waals surface area contributed by atoms with Crippen molar-refractivity contribution in [3.63, 3.8) is 0 Å². The van der Waals surface area contributed by atoms with Gasteiger partial charge in [0.2, 0.25) is 0 Å². The molecule has 1 aromatic heterocycles. The van der Waals surface area contributed by atoms with Gasteiger partial charge in [0, 0.05) is 39.3 Å². The smallest absolute Gasteiger partial charge is 0.161 e. The molecule has 2 aliphatic heterocycles. The van der Waals surface area contributed by atoms with Gasteiger partial charge in [0.25, 0.3) is 0 Å². The van der Waals surface area contributed by atoms with E-state index in [1.807, 2.05) is 6.07 Å². The molecule has 0 saturated carbocycles. The fourth-order valence-corrected chi connectivity index (χ4v) is 3.14. The summed E-state index contributed by atoms with van der Waals surface area (Å²) in [6.07, 6.45) is 1.66. The standard InChI is InChI=1S/C16H22N6O2/c1-2-15-16(24-10-9-23-15)11-14(1)12-21-5-3-20(4-6-21)7-8-22-13-17-18-19-22/h1-2,11,13H,3-10,12H2. The quantitative estimate of drug-likeness (QED) is 0.779. The van der Waals surface area contributed by atoms with Crippen molar-refractivity contribution in [1.82, 2.24) is 30.0 Å². The lowest BCUT2D eigenvalue weighted by atomic mass is 10.1. The van der Waals surface area contributed by atoms with Crippen molar-refractivity contribution in [1.29, 1.82) is 0 Å². The van der Waals surface area contributed by atoms with Crippen LogP contribution in [0.3, 0.4) is 0 Å². The second kappa shape index (κ2) is 7.14. The first-order valence-electron chi connectivity index (χ1n) is 8.41. The molecule has 4 rings (SSSR count). The zero-order chi connectivity index (χ0) is 16.2. The molecule has 2 aromatic rings. The van der Waals surface area contributed by atoms with E-state index < -0.39 is 0 Å². The first-order chi connectivity index (χ1) is 11.9. The molecule has 1 aromatic carbocycles. The van der Waals surface area contributed by atoms with Crippen LogP contribution in [0.4, 0.5) is 0 Å².